The molecule has 0 radical (unpaired) electrons. The van der Waals surface area contributed by atoms with Crippen molar-refractivity contribution in [3.05, 3.63) is 83.0 Å². The highest BCUT2D eigenvalue weighted by molar-refractivity contribution is 5.94. The summed E-state index contributed by atoms with van der Waals surface area (Å²) in [4.78, 5) is 19.3. The van der Waals surface area contributed by atoms with Gasteiger partial charge in [0.25, 0.3) is 5.91 Å². The number of halogens is 3. The van der Waals surface area contributed by atoms with E-state index in [2.05, 4.69) is 44.0 Å². The van der Waals surface area contributed by atoms with Gasteiger partial charge >= 0.3 is 6.18 Å². The van der Waals surface area contributed by atoms with Crippen LogP contribution in [0.3, 0.4) is 0 Å². The zero-order valence-electron chi connectivity index (χ0n) is 20.1. The summed E-state index contributed by atoms with van der Waals surface area (Å²) in [5.74, 6) is 1.06. The molecule has 2 aromatic carbocycles. The Labute approximate surface area is 213 Å². The van der Waals surface area contributed by atoms with Crippen LogP contribution in [0.5, 0.6) is 5.75 Å². The summed E-state index contributed by atoms with van der Waals surface area (Å²) < 4.78 is 44.7. The van der Waals surface area contributed by atoms with Crippen LogP contribution in [-0.2, 0) is 19.1 Å². The summed E-state index contributed by atoms with van der Waals surface area (Å²) >= 11 is 0. The Hall–Kier alpha value is -3.79. The molecule has 0 spiro atoms. The molecule has 1 aromatic heterocycles. The van der Waals surface area contributed by atoms with Crippen molar-refractivity contribution >= 4 is 17.4 Å². The molecule has 2 aliphatic heterocycles. The lowest BCUT2D eigenvalue weighted by Crippen LogP contribution is -2.44. The van der Waals surface area contributed by atoms with E-state index in [1.807, 2.05) is 0 Å². The maximum atomic E-state index is 12.9. The van der Waals surface area contributed by atoms with E-state index in [-0.39, 0.29) is 18.5 Å². The van der Waals surface area contributed by atoms with Gasteiger partial charge in [-0.1, -0.05) is 18.2 Å². The summed E-state index contributed by atoms with van der Waals surface area (Å²) in [6.45, 7) is 4.42. The van der Waals surface area contributed by atoms with Gasteiger partial charge in [-0.25, -0.2) is 4.98 Å². The van der Waals surface area contributed by atoms with Crippen LogP contribution in [0.2, 0.25) is 0 Å². The third-order valence-corrected chi connectivity index (χ3v) is 6.53. The number of hydrogen-bond acceptors (Lipinski definition) is 6. The van der Waals surface area contributed by atoms with Crippen molar-refractivity contribution in [2.45, 2.75) is 25.2 Å². The van der Waals surface area contributed by atoms with E-state index < -0.39 is 11.7 Å². The smallest absolute Gasteiger partial charge is 0.416 e. The second-order valence-corrected chi connectivity index (χ2v) is 9.20. The molecule has 2 aliphatic rings. The van der Waals surface area contributed by atoms with Crippen LogP contribution in [0.15, 0.2) is 60.8 Å². The van der Waals surface area contributed by atoms with Gasteiger partial charge in [0.1, 0.15) is 18.2 Å². The average molecular weight is 512 g/mol. The number of carbonyl (C=O) groups excluding carboxylic acids is 1. The fraction of sp³-hybridized carbons (Fsp3) is 0.333. The molecule has 10 heteroatoms. The molecule has 1 fully saturated rings. The Morgan fingerprint density at radius 1 is 1.11 bits per heavy atom. The lowest BCUT2D eigenvalue weighted by atomic mass is 10.0. The maximum absolute atomic E-state index is 12.9. The normalized spacial score (nSPS) is 17.5. The van der Waals surface area contributed by atoms with Crippen molar-refractivity contribution in [2.24, 2.45) is 0 Å². The number of anilines is 2. The lowest BCUT2D eigenvalue weighted by molar-refractivity contribution is -0.137. The fourth-order valence-corrected chi connectivity index (χ4v) is 4.53. The fourth-order valence-electron chi connectivity index (χ4n) is 4.53. The van der Waals surface area contributed by atoms with Gasteiger partial charge in [0.15, 0.2) is 0 Å². The first kappa shape index (κ1) is 24.9. The predicted octanol–water partition coefficient (Wildman–Crippen LogP) is 3.86. The van der Waals surface area contributed by atoms with Gasteiger partial charge in [-0.05, 0) is 47.9 Å². The first-order valence-corrected chi connectivity index (χ1v) is 12.2. The molecule has 3 N–H and O–H groups in total. The number of piperazine rings is 1. The highest BCUT2D eigenvalue weighted by Gasteiger charge is 2.30. The van der Waals surface area contributed by atoms with Gasteiger partial charge in [0.05, 0.1) is 17.2 Å². The number of rotatable bonds is 6. The molecule has 5 rings (SSSR count). The molecule has 3 heterocycles. The van der Waals surface area contributed by atoms with E-state index in [1.54, 1.807) is 18.2 Å². The second-order valence-electron chi connectivity index (χ2n) is 9.20. The van der Waals surface area contributed by atoms with E-state index in [1.165, 1.54) is 12.3 Å². The third-order valence-electron chi connectivity index (χ3n) is 6.53. The molecule has 7 nitrogen and oxygen atoms in total. The maximum Gasteiger partial charge on any atom is 0.416 e. The van der Waals surface area contributed by atoms with Crippen molar-refractivity contribution < 1.29 is 22.7 Å². The number of nitrogens with one attached hydrogen (secondary N) is 3. The van der Waals surface area contributed by atoms with Crippen molar-refractivity contribution in [1.82, 2.24) is 15.6 Å². The lowest BCUT2D eigenvalue weighted by Gasteiger charge is -2.31. The Kier molecular flexibility index (Phi) is 7.18. The number of ether oxygens (including phenoxy) is 1. The predicted molar refractivity (Wildman–Crippen MR) is 135 cm³/mol. The minimum atomic E-state index is -4.39. The number of benzene rings is 2. The quantitative estimate of drug-likeness (QED) is 0.467. The SMILES string of the molecule is O=C(N[C@H]1COc2cc(N3CCNCC3)ccc2C1)c1ccc(NCc2cccc(C(F)(F)F)c2)nc1. The zero-order valence-corrected chi connectivity index (χ0v) is 20.1. The number of hydrogen-bond donors (Lipinski definition) is 3. The van der Waals surface area contributed by atoms with Crippen LogP contribution in [0.4, 0.5) is 24.7 Å². The van der Waals surface area contributed by atoms with E-state index in [4.69, 9.17) is 4.74 Å². The highest BCUT2D eigenvalue weighted by Crippen LogP contribution is 2.31. The summed E-state index contributed by atoms with van der Waals surface area (Å²) in [5, 5.41) is 9.34. The second kappa shape index (κ2) is 10.7. The minimum Gasteiger partial charge on any atom is -0.491 e. The number of amides is 1. The van der Waals surface area contributed by atoms with Gasteiger partial charge in [0, 0.05) is 50.7 Å². The van der Waals surface area contributed by atoms with Crippen LogP contribution in [0.1, 0.15) is 27.0 Å². The summed E-state index contributed by atoms with van der Waals surface area (Å²) in [6, 6.07) is 14.5. The van der Waals surface area contributed by atoms with Crippen LogP contribution in [0, 0.1) is 0 Å². The van der Waals surface area contributed by atoms with Gasteiger partial charge in [0.2, 0.25) is 0 Å². The standard InChI is InChI=1S/C27H28F3N5O2/c28-27(29,30)21-3-1-2-18(12-21)15-32-25-7-5-20(16-33-25)26(36)34-22-13-19-4-6-23(14-24(19)37-17-22)35-10-8-31-9-11-35/h1-7,12,14,16,22,31H,8-11,13,15,17H2,(H,32,33)(H,34,36)/t22-/m1/s1. The summed E-state index contributed by atoms with van der Waals surface area (Å²) in [5.41, 5.74) is 2.39. The largest absolute Gasteiger partial charge is 0.491 e. The summed E-state index contributed by atoms with van der Waals surface area (Å²) in [7, 11) is 0. The Bertz CT molecular complexity index is 1240. The molecule has 0 aliphatic carbocycles. The molecule has 1 amide bonds. The van der Waals surface area contributed by atoms with E-state index in [9.17, 15) is 18.0 Å². The number of aromatic nitrogens is 1. The number of pyridine rings is 1. The topological polar surface area (TPSA) is 78.5 Å². The number of nitrogens with zero attached hydrogens (tertiary/aromatic N) is 2. The Morgan fingerprint density at radius 3 is 2.70 bits per heavy atom. The van der Waals surface area contributed by atoms with Gasteiger partial charge < -0.3 is 25.6 Å². The van der Waals surface area contributed by atoms with Crippen LogP contribution < -0.4 is 25.6 Å². The minimum absolute atomic E-state index is 0.163. The molecular formula is C27H28F3N5O2. The van der Waals surface area contributed by atoms with Crippen molar-refractivity contribution in [3.8, 4) is 5.75 Å². The Morgan fingerprint density at radius 2 is 1.95 bits per heavy atom. The third kappa shape index (κ3) is 6.14. The van der Waals surface area contributed by atoms with Gasteiger partial charge in [-0.2, -0.15) is 13.2 Å². The van der Waals surface area contributed by atoms with E-state index in [0.29, 0.717) is 30.0 Å². The van der Waals surface area contributed by atoms with E-state index >= 15 is 0 Å². The highest BCUT2D eigenvalue weighted by atomic mass is 19.4. The molecule has 37 heavy (non-hydrogen) atoms. The van der Waals surface area contributed by atoms with Gasteiger partial charge in [-0.3, -0.25) is 4.79 Å². The molecule has 0 bridgehead atoms. The first-order valence-electron chi connectivity index (χ1n) is 12.2. The number of alkyl halides is 3. The monoisotopic (exact) mass is 511 g/mol. The molecule has 3 aromatic rings. The summed E-state index contributed by atoms with van der Waals surface area (Å²) in [6.07, 6.45) is -2.27. The van der Waals surface area contributed by atoms with Crippen LogP contribution >= 0.6 is 0 Å². The molecule has 1 saturated heterocycles. The van der Waals surface area contributed by atoms with Crippen molar-refractivity contribution in [1.29, 1.82) is 0 Å². The number of fused-ring (bicyclic) bond motifs is 1. The molecular weight excluding hydrogens is 483 g/mol. The van der Waals surface area contributed by atoms with E-state index in [0.717, 1.165) is 55.3 Å². The number of carbonyl (C=O) groups is 1. The molecule has 194 valence electrons. The molecule has 0 saturated carbocycles. The average Bonchev–Trinajstić information content (AvgIpc) is 2.92. The van der Waals surface area contributed by atoms with Crippen LogP contribution in [0.25, 0.3) is 0 Å². The van der Waals surface area contributed by atoms with Gasteiger partial charge in [-0.15, -0.1) is 0 Å². The first-order chi connectivity index (χ1) is 17.8. The van der Waals surface area contributed by atoms with Crippen molar-refractivity contribution in [2.75, 3.05) is 43.0 Å². The zero-order chi connectivity index (χ0) is 25.8. The molecule has 1 atom stereocenters. The van der Waals surface area contributed by atoms with Crippen LogP contribution in [-0.4, -0.2) is 49.7 Å². The molecule has 0 unspecified atom stereocenters. The Balaban J connectivity index is 1.14. The van der Waals surface area contributed by atoms with Crippen molar-refractivity contribution in [3.63, 3.8) is 0 Å².